The Kier molecular flexibility index (Phi) is 6.49. The molecule has 0 bridgehead atoms. The van der Waals surface area contributed by atoms with Gasteiger partial charge in [0.2, 0.25) is 5.91 Å². The van der Waals surface area contributed by atoms with Gasteiger partial charge in [0, 0.05) is 50.0 Å². The van der Waals surface area contributed by atoms with Crippen molar-refractivity contribution in [1.82, 2.24) is 10.2 Å². The Morgan fingerprint density at radius 2 is 1.59 bits per heavy atom. The summed E-state index contributed by atoms with van der Waals surface area (Å²) in [5.41, 5.74) is 4.70. The summed E-state index contributed by atoms with van der Waals surface area (Å²) in [6.45, 7) is 8.71. The molecule has 0 radical (unpaired) electrons. The molecule has 1 fully saturated rings. The number of benzene rings is 2. The van der Waals surface area contributed by atoms with Crippen molar-refractivity contribution >= 4 is 40.5 Å². The first-order chi connectivity index (χ1) is 13.8. The van der Waals surface area contributed by atoms with Crippen LogP contribution < -0.4 is 15.5 Å². The number of hydrogen-bond acceptors (Lipinski definition) is 4. The number of aryl methyl sites for hydroxylation is 2. The summed E-state index contributed by atoms with van der Waals surface area (Å²) in [7, 11) is 0. The number of thiocarbonyl (C=S) groups is 1. The Morgan fingerprint density at radius 1 is 0.931 bits per heavy atom. The molecule has 7 heteroatoms. The van der Waals surface area contributed by atoms with Crippen molar-refractivity contribution in [3.05, 3.63) is 59.2 Å². The third-order valence-corrected chi connectivity index (χ3v) is 5.42. The van der Waals surface area contributed by atoms with Gasteiger partial charge >= 0.3 is 0 Å². The third-order valence-electron chi connectivity index (χ3n) is 5.21. The monoisotopic (exact) mass is 410 g/mol. The summed E-state index contributed by atoms with van der Waals surface area (Å²) in [6.07, 6.45) is 0. The summed E-state index contributed by atoms with van der Waals surface area (Å²) < 4.78 is 0. The van der Waals surface area contributed by atoms with Crippen molar-refractivity contribution in [2.75, 3.05) is 36.4 Å². The lowest BCUT2D eigenvalue weighted by Crippen LogP contribution is -2.48. The summed E-state index contributed by atoms with van der Waals surface area (Å²) in [6, 6.07) is 13.5. The molecular weight excluding hydrogens is 384 g/mol. The first-order valence-electron chi connectivity index (χ1n) is 9.63. The van der Waals surface area contributed by atoms with Crippen LogP contribution in [0.4, 0.5) is 11.4 Å². The summed E-state index contributed by atoms with van der Waals surface area (Å²) >= 11 is 5.28. The first kappa shape index (κ1) is 20.8. The van der Waals surface area contributed by atoms with E-state index in [1.165, 1.54) is 0 Å². The van der Waals surface area contributed by atoms with E-state index in [4.69, 9.17) is 12.2 Å². The Balaban J connectivity index is 1.54. The van der Waals surface area contributed by atoms with Gasteiger partial charge in [-0.15, -0.1) is 0 Å². The average molecular weight is 411 g/mol. The lowest BCUT2D eigenvalue weighted by Gasteiger charge is -2.35. The van der Waals surface area contributed by atoms with Gasteiger partial charge < -0.3 is 15.1 Å². The third kappa shape index (κ3) is 5.32. The minimum atomic E-state index is -0.231. The fraction of sp³-hybridized carbons (Fsp3) is 0.318. The molecule has 2 amide bonds. The SMILES string of the molecule is CC(=O)N1CCN(c2ccc(NC(=S)NC(=O)c3ccc(C)c(C)c3)cc2)CC1. The quantitative estimate of drug-likeness (QED) is 0.762. The standard InChI is InChI=1S/C22H26N4O2S/c1-15-4-5-18(14-16(15)2)21(28)24-22(29)23-19-6-8-20(9-7-19)26-12-10-25(11-13-26)17(3)27/h4-9,14H,10-13H2,1-3H3,(H2,23,24,28,29). The maximum atomic E-state index is 12.4. The molecule has 6 nitrogen and oxygen atoms in total. The van der Waals surface area contributed by atoms with Gasteiger partial charge in [-0.3, -0.25) is 14.9 Å². The highest BCUT2D eigenvalue weighted by molar-refractivity contribution is 7.80. The molecule has 1 saturated heterocycles. The number of nitrogens with one attached hydrogen (secondary N) is 2. The molecule has 3 rings (SSSR count). The van der Waals surface area contributed by atoms with E-state index in [-0.39, 0.29) is 16.9 Å². The fourth-order valence-corrected chi connectivity index (χ4v) is 3.47. The van der Waals surface area contributed by atoms with Crippen LogP contribution in [-0.4, -0.2) is 48.0 Å². The lowest BCUT2D eigenvalue weighted by atomic mass is 10.1. The summed E-state index contributed by atoms with van der Waals surface area (Å²) in [4.78, 5) is 27.9. The Labute approximate surface area is 176 Å². The molecule has 29 heavy (non-hydrogen) atoms. The molecule has 2 aromatic rings. The van der Waals surface area contributed by atoms with E-state index in [0.717, 1.165) is 48.7 Å². The molecule has 1 aliphatic rings. The van der Waals surface area contributed by atoms with Gasteiger partial charge in [0.05, 0.1) is 0 Å². The minimum Gasteiger partial charge on any atom is -0.368 e. The maximum Gasteiger partial charge on any atom is 0.257 e. The van der Waals surface area contributed by atoms with E-state index in [1.54, 1.807) is 13.0 Å². The van der Waals surface area contributed by atoms with Crippen LogP contribution >= 0.6 is 12.2 Å². The van der Waals surface area contributed by atoms with Crippen molar-refractivity contribution in [3.63, 3.8) is 0 Å². The van der Waals surface area contributed by atoms with Crippen LogP contribution in [0.15, 0.2) is 42.5 Å². The number of nitrogens with zero attached hydrogens (tertiary/aromatic N) is 2. The molecule has 0 aromatic heterocycles. The van der Waals surface area contributed by atoms with Crippen LogP contribution in [0.25, 0.3) is 0 Å². The topological polar surface area (TPSA) is 64.7 Å². The zero-order valence-electron chi connectivity index (χ0n) is 17.0. The largest absolute Gasteiger partial charge is 0.368 e. The van der Waals surface area contributed by atoms with Crippen molar-refractivity contribution in [1.29, 1.82) is 0 Å². The van der Waals surface area contributed by atoms with Crippen LogP contribution in [0.5, 0.6) is 0 Å². The van der Waals surface area contributed by atoms with E-state index >= 15 is 0 Å². The molecule has 0 saturated carbocycles. The van der Waals surface area contributed by atoms with Gasteiger partial charge in [0.25, 0.3) is 5.91 Å². The van der Waals surface area contributed by atoms with Crippen LogP contribution in [0, 0.1) is 13.8 Å². The molecule has 2 aromatic carbocycles. The van der Waals surface area contributed by atoms with E-state index in [9.17, 15) is 9.59 Å². The molecular formula is C22H26N4O2S. The molecule has 152 valence electrons. The van der Waals surface area contributed by atoms with Gasteiger partial charge in [-0.05, 0) is 73.6 Å². The first-order valence-corrected chi connectivity index (χ1v) is 10.0. The van der Waals surface area contributed by atoms with Crippen molar-refractivity contribution in [2.45, 2.75) is 20.8 Å². The van der Waals surface area contributed by atoms with E-state index in [1.807, 2.05) is 55.1 Å². The highest BCUT2D eigenvalue weighted by Crippen LogP contribution is 2.19. The molecule has 1 heterocycles. The molecule has 2 N–H and O–H groups in total. The van der Waals surface area contributed by atoms with Crippen LogP contribution in [0.2, 0.25) is 0 Å². The van der Waals surface area contributed by atoms with E-state index in [0.29, 0.717) is 5.56 Å². The predicted octanol–water partition coefficient (Wildman–Crippen LogP) is 3.10. The van der Waals surface area contributed by atoms with Gasteiger partial charge in [-0.1, -0.05) is 6.07 Å². The van der Waals surface area contributed by atoms with Crippen LogP contribution in [0.3, 0.4) is 0 Å². The zero-order chi connectivity index (χ0) is 21.0. The van der Waals surface area contributed by atoms with Crippen molar-refractivity contribution < 1.29 is 9.59 Å². The second kappa shape index (κ2) is 9.05. The minimum absolute atomic E-state index is 0.126. The Bertz CT molecular complexity index is 919. The second-order valence-corrected chi connectivity index (χ2v) is 7.66. The number of hydrogen-bond donors (Lipinski definition) is 2. The summed E-state index contributed by atoms with van der Waals surface area (Å²) in [5.74, 6) is -0.105. The van der Waals surface area contributed by atoms with Crippen LogP contribution in [0.1, 0.15) is 28.4 Å². The van der Waals surface area contributed by atoms with Crippen LogP contribution in [-0.2, 0) is 4.79 Å². The number of anilines is 2. The average Bonchev–Trinajstić information content (AvgIpc) is 2.70. The highest BCUT2D eigenvalue weighted by atomic mass is 32.1. The highest BCUT2D eigenvalue weighted by Gasteiger charge is 2.18. The van der Waals surface area contributed by atoms with Gasteiger partial charge in [0.1, 0.15) is 0 Å². The number of carbonyl (C=O) groups excluding carboxylic acids is 2. The predicted molar refractivity (Wildman–Crippen MR) is 121 cm³/mol. The molecule has 0 unspecified atom stereocenters. The molecule has 0 aliphatic carbocycles. The number of carbonyl (C=O) groups is 2. The zero-order valence-corrected chi connectivity index (χ0v) is 17.8. The number of piperazine rings is 1. The fourth-order valence-electron chi connectivity index (χ4n) is 3.26. The number of amides is 2. The number of rotatable bonds is 3. The normalized spacial score (nSPS) is 13.8. The Morgan fingerprint density at radius 3 is 2.17 bits per heavy atom. The van der Waals surface area contributed by atoms with Crippen molar-refractivity contribution in [2.24, 2.45) is 0 Å². The molecule has 0 atom stereocenters. The van der Waals surface area contributed by atoms with Crippen molar-refractivity contribution in [3.8, 4) is 0 Å². The maximum absolute atomic E-state index is 12.4. The second-order valence-electron chi connectivity index (χ2n) is 7.25. The van der Waals surface area contributed by atoms with Gasteiger partial charge in [-0.25, -0.2) is 0 Å². The Hall–Kier alpha value is -2.93. The molecule has 0 spiro atoms. The van der Waals surface area contributed by atoms with E-state index < -0.39 is 0 Å². The van der Waals surface area contributed by atoms with Gasteiger partial charge in [-0.2, -0.15) is 0 Å². The molecule has 1 aliphatic heterocycles. The van der Waals surface area contributed by atoms with E-state index in [2.05, 4.69) is 15.5 Å². The smallest absolute Gasteiger partial charge is 0.257 e. The van der Waals surface area contributed by atoms with Gasteiger partial charge in [0.15, 0.2) is 5.11 Å². The lowest BCUT2D eigenvalue weighted by molar-refractivity contribution is -0.129. The summed E-state index contributed by atoms with van der Waals surface area (Å²) in [5, 5.41) is 6.03.